The number of carbonyl (C=O) groups excluding carboxylic acids is 3. The van der Waals surface area contributed by atoms with Crippen LogP contribution in [0.25, 0.3) is 0 Å². The lowest BCUT2D eigenvalue weighted by molar-refractivity contribution is -0.384. The van der Waals surface area contributed by atoms with Crippen molar-refractivity contribution in [3.8, 4) is 5.75 Å². The number of hydrazine groups is 1. The van der Waals surface area contributed by atoms with Crippen molar-refractivity contribution >= 4 is 29.1 Å². The molecule has 0 saturated carbocycles. The van der Waals surface area contributed by atoms with Gasteiger partial charge in [-0.05, 0) is 44.0 Å². The summed E-state index contributed by atoms with van der Waals surface area (Å²) in [6, 6.07) is 11.7. The minimum absolute atomic E-state index is 0.0154. The monoisotopic (exact) mass is 505 g/mol. The zero-order valence-electron chi connectivity index (χ0n) is 20.0. The number of amides is 3. The van der Waals surface area contributed by atoms with E-state index < -0.39 is 22.6 Å². The maximum Gasteiger partial charge on any atom is 0.305 e. The summed E-state index contributed by atoms with van der Waals surface area (Å²) in [5.41, 5.74) is 9.17. The van der Waals surface area contributed by atoms with E-state index >= 15 is 0 Å². The molecular formula is C25H23N5O7. The summed E-state index contributed by atoms with van der Waals surface area (Å²) in [5.74, 6) is -0.821. The van der Waals surface area contributed by atoms with Crippen LogP contribution in [0.1, 0.15) is 61.0 Å². The molecule has 0 aliphatic heterocycles. The minimum atomic E-state index is -0.649. The molecule has 1 heterocycles. The quantitative estimate of drug-likeness (QED) is 0.342. The smallest absolute Gasteiger partial charge is 0.305 e. The van der Waals surface area contributed by atoms with E-state index in [4.69, 9.17) is 9.15 Å². The molecule has 1 aliphatic rings. The number of ether oxygens (including phenoxy) is 1. The van der Waals surface area contributed by atoms with Crippen LogP contribution in [0, 0.1) is 17.0 Å². The molecule has 1 aliphatic carbocycles. The molecule has 12 heteroatoms. The third-order valence-electron chi connectivity index (χ3n) is 5.81. The van der Waals surface area contributed by atoms with Gasteiger partial charge >= 0.3 is 5.91 Å². The number of nitrogens with zero attached hydrogens (tertiary/aromatic N) is 2. The molecule has 3 N–H and O–H groups in total. The fourth-order valence-corrected chi connectivity index (χ4v) is 3.98. The number of nitro groups is 1. The molecule has 1 aromatic heterocycles. The molecule has 0 atom stereocenters. The first-order chi connectivity index (χ1) is 17.8. The van der Waals surface area contributed by atoms with E-state index in [1.807, 2.05) is 0 Å². The Morgan fingerprint density at radius 2 is 1.70 bits per heavy atom. The van der Waals surface area contributed by atoms with Crippen LogP contribution >= 0.6 is 0 Å². The molecule has 0 bridgehead atoms. The van der Waals surface area contributed by atoms with Crippen LogP contribution < -0.4 is 21.0 Å². The van der Waals surface area contributed by atoms with Gasteiger partial charge in [-0.25, -0.2) is 5.43 Å². The van der Waals surface area contributed by atoms with E-state index in [1.54, 1.807) is 31.2 Å². The lowest BCUT2D eigenvalue weighted by Crippen LogP contribution is -2.41. The number of nitro benzene ring substituents is 1. The van der Waals surface area contributed by atoms with Crippen molar-refractivity contribution in [2.75, 3.05) is 7.11 Å². The van der Waals surface area contributed by atoms with Crippen LogP contribution in [0.3, 0.4) is 0 Å². The predicted molar refractivity (Wildman–Crippen MR) is 131 cm³/mol. The van der Waals surface area contributed by atoms with Crippen LogP contribution in [-0.4, -0.2) is 35.5 Å². The molecule has 0 radical (unpaired) electrons. The lowest BCUT2D eigenvalue weighted by Gasteiger charge is -2.13. The largest absolute Gasteiger partial charge is 0.496 e. The van der Waals surface area contributed by atoms with Gasteiger partial charge in [0.25, 0.3) is 17.5 Å². The molecule has 3 aromatic rings. The number of hydrazone groups is 1. The van der Waals surface area contributed by atoms with Crippen molar-refractivity contribution in [1.82, 2.24) is 16.3 Å². The normalized spacial score (nSPS) is 13.4. The second-order valence-corrected chi connectivity index (χ2v) is 8.12. The third-order valence-corrected chi connectivity index (χ3v) is 5.81. The molecule has 0 spiro atoms. The highest BCUT2D eigenvalue weighted by molar-refractivity contribution is 6.07. The van der Waals surface area contributed by atoms with Gasteiger partial charge in [0.1, 0.15) is 11.5 Å². The molecule has 12 nitrogen and oxygen atoms in total. The molecule has 37 heavy (non-hydrogen) atoms. The van der Waals surface area contributed by atoms with E-state index in [1.165, 1.54) is 31.4 Å². The molecule has 190 valence electrons. The lowest BCUT2D eigenvalue weighted by atomic mass is 9.93. The van der Waals surface area contributed by atoms with Crippen molar-refractivity contribution in [3.63, 3.8) is 0 Å². The second kappa shape index (κ2) is 10.7. The Labute approximate surface area is 210 Å². The highest BCUT2D eigenvalue weighted by Gasteiger charge is 2.28. The number of furan rings is 1. The zero-order chi connectivity index (χ0) is 26.5. The highest BCUT2D eigenvalue weighted by atomic mass is 16.6. The van der Waals surface area contributed by atoms with Crippen molar-refractivity contribution in [1.29, 1.82) is 0 Å². The number of hydrogen-bond acceptors (Lipinski definition) is 8. The van der Waals surface area contributed by atoms with E-state index in [2.05, 4.69) is 21.4 Å². The van der Waals surface area contributed by atoms with Gasteiger partial charge in [-0.15, -0.1) is 0 Å². The van der Waals surface area contributed by atoms with Crippen molar-refractivity contribution in [2.45, 2.75) is 26.2 Å². The number of non-ortho nitro benzene ring substituents is 1. The predicted octanol–water partition coefficient (Wildman–Crippen LogP) is 3.05. The summed E-state index contributed by atoms with van der Waals surface area (Å²) in [5, 5.41) is 15.0. The fraction of sp³-hybridized carbons (Fsp3) is 0.200. The van der Waals surface area contributed by atoms with Crippen LogP contribution in [0.5, 0.6) is 5.75 Å². The van der Waals surface area contributed by atoms with Gasteiger partial charge in [0.2, 0.25) is 0 Å². The van der Waals surface area contributed by atoms with Gasteiger partial charge in [-0.2, -0.15) is 5.10 Å². The molecule has 4 rings (SSSR count). The number of rotatable bonds is 6. The van der Waals surface area contributed by atoms with Gasteiger partial charge in [0.05, 0.1) is 23.3 Å². The zero-order valence-corrected chi connectivity index (χ0v) is 20.0. The number of fused-ring (bicyclic) bond motifs is 1. The summed E-state index contributed by atoms with van der Waals surface area (Å²) in [6.07, 6.45) is 1.81. The van der Waals surface area contributed by atoms with Crippen LogP contribution in [0.15, 0.2) is 58.0 Å². The first kappa shape index (κ1) is 25.1. The minimum Gasteiger partial charge on any atom is -0.496 e. The topological polar surface area (TPSA) is 165 Å². The number of benzene rings is 2. The Hall–Kier alpha value is -5.00. The number of nitrogens with one attached hydrogen (secondary N) is 3. The second-order valence-electron chi connectivity index (χ2n) is 8.12. The van der Waals surface area contributed by atoms with Crippen molar-refractivity contribution in [3.05, 3.63) is 92.4 Å². The van der Waals surface area contributed by atoms with Gasteiger partial charge in [0, 0.05) is 35.2 Å². The van der Waals surface area contributed by atoms with E-state index in [-0.39, 0.29) is 22.6 Å². The summed E-state index contributed by atoms with van der Waals surface area (Å²) >= 11 is 0. The summed E-state index contributed by atoms with van der Waals surface area (Å²) in [6.45, 7) is 1.69. The molecule has 2 aromatic carbocycles. The Morgan fingerprint density at radius 3 is 2.41 bits per heavy atom. The maximum absolute atomic E-state index is 12.8. The SMILES string of the molecule is COc1ccccc1C(=O)NNC(=O)c1oc2c(c1C)/C(=N/NC(=O)c1ccc([N+](=O)[O-])cc1)CCC2. The van der Waals surface area contributed by atoms with Gasteiger partial charge in [-0.1, -0.05) is 12.1 Å². The number of methoxy groups -OCH3 is 1. The van der Waals surface area contributed by atoms with E-state index in [9.17, 15) is 24.5 Å². The fourth-order valence-electron chi connectivity index (χ4n) is 3.98. The third kappa shape index (κ3) is 5.32. The van der Waals surface area contributed by atoms with Gasteiger partial charge in [-0.3, -0.25) is 35.3 Å². The number of hydrogen-bond donors (Lipinski definition) is 3. The number of carbonyl (C=O) groups is 3. The standard InChI is InChI=1S/C25H23N5O7/c1-14-21-18(26-27-23(31)15-10-12-16(13-11-15)30(34)35)7-5-9-20(21)37-22(14)25(33)29-28-24(32)17-6-3-4-8-19(17)36-2/h3-4,6,8,10-13H,5,7,9H2,1-2H3,(H,27,31)(H,28,32)(H,29,33)/b26-18+. The van der Waals surface area contributed by atoms with Gasteiger partial charge in [0.15, 0.2) is 5.76 Å². The molecule has 0 fully saturated rings. The van der Waals surface area contributed by atoms with E-state index in [0.717, 1.165) is 0 Å². The average molecular weight is 505 g/mol. The first-order valence-corrected chi connectivity index (χ1v) is 11.3. The molecular weight excluding hydrogens is 482 g/mol. The molecule has 0 saturated heterocycles. The summed E-state index contributed by atoms with van der Waals surface area (Å²) < 4.78 is 11.0. The Morgan fingerprint density at radius 1 is 1.00 bits per heavy atom. The van der Waals surface area contributed by atoms with Crippen LogP contribution in [-0.2, 0) is 6.42 Å². The summed E-state index contributed by atoms with van der Waals surface area (Å²) in [4.78, 5) is 48.0. The Balaban J connectivity index is 1.47. The van der Waals surface area contributed by atoms with Crippen LogP contribution in [0.4, 0.5) is 5.69 Å². The van der Waals surface area contributed by atoms with E-state index in [0.29, 0.717) is 47.6 Å². The molecule has 0 unspecified atom stereocenters. The Bertz CT molecular complexity index is 1410. The number of para-hydroxylation sites is 1. The Kier molecular flexibility index (Phi) is 7.28. The van der Waals surface area contributed by atoms with Crippen molar-refractivity contribution < 1.29 is 28.5 Å². The maximum atomic E-state index is 12.8. The summed E-state index contributed by atoms with van der Waals surface area (Å²) in [7, 11) is 1.44. The van der Waals surface area contributed by atoms with Gasteiger partial charge < -0.3 is 9.15 Å². The number of aryl methyl sites for hydroxylation is 1. The van der Waals surface area contributed by atoms with Crippen molar-refractivity contribution in [2.24, 2.45) is 5.10 Å². The first-order valence-electron chi connectivity index (χ1n) is 11.3. The average Bonchev–Trinajstić information content (AvgIpc) is 3.27. The highest BCUT2D eigenvalue weighted by Crippen LogP contribution is 2.30. The van der Waals surface area contributed by atoms with Crippen LogP contribution in [0.2, 0.25) is 0 Å². The molecule has 3 amide bonds.